The van der Waals surface area contributed by atoms with Gasteiger partial charge in [-0.1, -0.05) is 30.0 Å². The molecule has 0 aliphatic heterocycles. The standard InChI is InChI=1S/C17H13NS/c1-13-10-16(11-14(2)17(13)19-12-18)9-8-15-6-4-3-5-7-15/h3-7,10-11H,1-2H3. The van der Waals surface area contributed by atoms with Crippen LogP contribution in [0, 0.1) is 36.4 Å². The topological polar surface area (TPSA) is 23.8 Å². The molecule has 92 valence electrons. The van der Waals surface area contributed by atoms with Crippen molar-refractivity contribution in [1.82, 2.24) is 0 Å². The van der Waals surface area contributed by atoms with E-state index in [1.54, 1.807) is 0 Å². The Balaban J connectivity index is 2.34. The summed E-state index contributed by atoms with van der Waals surface area (Å²) in [6.07, 6.45) is 0. The molecule has 0 bridgehead atoms. The van der Waals surface area contributed by atoms with E-state index in [1.807, 2.05) is 56.3 Å². The van der Waals surface area contributed by atoms with E-state index in [0.717, 1.165) is 27.1 Å². The quantitative estimate of drug-likeness (QED) is 0.435. The highest BCUT2D eigenvalue weighted by atomic mass is 32.2. The van der Waals surface area contributed by atoms with E-state index in [9.17, 15) is 0 Å². The van der Waals surface area contributed by atoms with Gasteiger partial charge in [0.2, 0.25) is 0 Å². The minimum Gasteiger partial charge on any atom is -0.185 e. The van der Waals surface area contributed by atoms with Crippen molar-refractivity contribution in [2.75, 3.05) is 0 Å². The second kappa shape index (κ2) is 6.14. The van der Waals surface area contributed by atoms with Gasteiger partial charge in [-0.2, -0.15) is 5.26 Å². The van der Waals surface area contributed by atoms with E-state index in [2.05, 4.69) is 17.2 Å². The second-order valence-corrected chi connectivity index (χ2v) is 5.04. The predicted octanol–water partition coefficient (Wildman–Crippen LogP) is 4.28. The third kappa shape index (κ3) is 3.41. The highest BCUT2D eigenvalue weighted by Crippen LogP contribution is 2.26. The highest BCUT2D eigenvalue weighted by Gasteiger charge is 2.04. The molecule has 2 rings (SSSR count). The van der Waals surface area contributed by atoms with E-state index < -0.39 is 0 Å². The number of thiocyanates is 1. The Morgan fingerprint density at radius 2 is 1.47 bits per heavy atom. The van der Waals surface area contributed by atoms with Crippen molar-refractivity contribution >= 4 is 11.8 Å². The van der Waals surface area contributed by atoms with E-state index in [0.29, 0.717) is 0 Å². The molecule has 0 N–H and O–H groups in total. The molecule has 1 nitrogen and oxygen atoms in total. The van der Waals surface area contributed by atoms with Gasteiger partial charge in [0.15, 0.2) is 0 Å². The van der Waals surface area contributed by atoms with Gasteiger partial charge in [-0.15, -0.1) is 0 Å². The second-order valence-electron chi connectivity index (χ2n) is 4.25. The van der Waals surface area contributed by atoms with Crippen molar-refractivity contribution < 1.29 is 0 Å². The van der Waals surface area contributed by atoms with Crippen LogP contribution in [0.3, 0.4) is 0 Å². The maximum absolute atomic E-state index is 8.77. The van der Waals surface area contributed by atoms with Crippen molar-refractivity contribution in [1.29, 1.82) is 5.26 Å². The van der Waals surface area contributed by atoms with Gasteiger partial charge >= 0.3 is 0 Å². The van der Waals surface area contributed by atoms with Crippen LogP contribution >= 0.6 is 11.8 Å². The van der Waals surface area contributed by atoms with E-state index >= 15 is 0 Å². The van der Waals surface area contributed by atoms with Gasteiger partial charge in [0.05, 0.1) is 0 Å². The summed E-state index contributed by atoms with van der Waals surface area (Å²) >= 11 is 1.21. The van der Waals surface area contributed by atoms with Crippen LogP contribution in [-0.4, -0.2) is 0 Å². The fourth-order valence-corrected chi connectivity index (χ4v) is 2.43. The SMILES string of the molecule is Cc1cc(C#Cc2ccccc2)cc(C)c1SC#N. The molecule has 0 atom stereocenters. The number of nitriles is 1. The van der Waals surface area contributed by atoms with Crippen LogP contribution in [-0.2, 0) is 0 Å². The number of aryl methyl sites for hydroxylation is 2. The highest BCUT2D eigenvalue weighted by molar-refractivity contribution is 8.03. The average molecular weight is 263 g/mol. The first-order chi connectivity index (χ1) is 9.20. The summed E-state index contributed by atoms with van der Waals surface area (Å²) < 4.78 is 0. The van der Waals surface area contributed by atoms with Crippen LogP contribution in [0.15, 0.2) is 47.4 Å². The zero-order valence-electron chi connectivity index (χ0n) is 10.9. The molecule has 0 saturated heterocycles. The lowest BCUT2D eigenvalue weighted by Gasteiger charge is -2.05. The molecule has 0 radical (unpaired) electrons. The Kier molecular flexibility index (Phi) is 4.29. The zero-order chi connectivity index (χ0) is 13.7. The van der Waals surface area contributed by atoms with Crippen LogP contribution in [0.1, 0.15) is 22.3 Å². The van der Waals surface area contributed by atoms with Crippen LogP contribution in [0.5, 0.6) is 0 Å². The lowest BCUT2D eigenvalue weighted by molar-refractivity contribution is 1.21. The number of rotatable bonds is 1. The minimum atomic E-state index is 0.987. The lowest BCUT2D eigenvalue weighted by atomic mass is 10.1. The monoisotopic (exact) mass is 263 g/mol. The van der Waals surface area contributed by atoms with Crippen molar-refractivity contribution in [2.24, 2.45) is 0 Å². The van der Waals surface area contributed by atoms with E-state index in [4.69, 9.17) is 5.26 Å². The Morgan fingerprint density at radius 3 is 2.05 bits per heavy atom. The molecule has 0 unspecified atom stereocenters. The summed E-state index contributed by atoms with van der Waals surface area (Å²) in [4.78, 5) is 1.03. The largest absolute Gasteiger partial charge is 0.185 e. The van der Waals surface area contributed by atoms with Crippen LogP contribution in [0.25, 0.3) is 0 Å². The minimum absolute atomic E-state index is 0.987. The molecule has 0 amide bonds. The molecular weight excluding hydrogens is 250 g/mol. The molecule has 0 aromatic heterocycles. The Bertz CT molecular complexity index is 662. The van der Waals surface area contributed by atoms with Gasteiger partial charge in [-0.05, 0) is 61.0 Å². The molecule has 0 heterocycles. The van der Waals surface area contributed by atoms with Crippen LogP contribution < -0.4 is 0 Å². The maximum Gasteiger partial charge on any atom is 0.138 e. The van der Waals surface area contributed by atoms with Gasteiger partial charge in [0.25, 0.3) is 0 Å². The van der Waals surface area contributed by atoms with Gasteiger partial charge in [0, 0.05) is 16.0 Å². The van der Waals surface area contributed by atoms with Crippen molar-refractivity contribution in [3.63, 3.8) is 0 Å². The third-order valence-electron chi connectivity index (χ3n) is 2.73. The molecule has 2 aromatic rings. The van der Waals surface area contributed by atoms with Gasteiger partial charge < -0.3 is 0 Å². The molecule has 0 fully saturated rings. The van der Waals surface area contributed by atoms with Gasteiger partial charge in [-0.3, -0.25) is 0 Å². The average Bonchev–Trinajstić information content (AvgIpc) is 2.42. The lowest BCUT2D eigenvalue weighted by Crippen LogP contribution is -1.87. The molecule has 19 heavy (non-hydrogen) atoms. The molecule has 2 aromatic carbocycles. The molecular formula is C17H13NS. The number of hydrogen-bond donors (Lipinski definition) is 0. The fraction of sp³-hybridized carbons (Fsp3) is 0.118. The first kappa shape index (κ1) is 13.3. The summed E-state index contributed by atoms with van der Waals surface area (Å²) in [5, 5.41) is 10.9. The predicted molar refractivity (Wildman–Crippen MR) is 79.8 cm³/mol. The zero-order valence-corrected chi connectivity index (χ0v) is 11.7. The Labute approximate surface area is 118 Å². The van der Waals surface area contributed by atoms with E-state index in [-0.39, 0.29) is 0 Å². The number of benzene rings is 2. The maximum atomic E-state index is 8.77. The number of thioether (sulfide) groups is 1. The summed E-state index contributed by atoms with van der Waals surface area (Å²) in [7, 11) is 0. The Morgan fingerprint density at radius 1 is 0.895 bits per heavy atom. The Hall–Kier alpha value is -2.16. The fourth-order valence-electron chi connectivity index (χ4n) is 1.89. The van der Waals surface area contributed by atoms with Crippen molar-refractivity contribution in [2.45, 2.75) is 18.7 Å². The number of hydrogen-bond acceptors (Lipinski definition) is 2. The molecule has 0 saturated carbocycles. The smallest absolute Gasteiger partial charge is 0.138 e. The summed E-state index contributed by atoms with van der Waals surface area (Å²) in [6.45, 7) is 4.03. The summed E-state index contributed by atoms with van der Waals surface area (Å²) in [6, 6.07) is 14.0. The molecule has 0 spiro atoms. The first-order valence-electron chi connectivity index (χ1n) is 5.95. The van der Waals surface area contributed by atoms with Crippen molar-refractivity contribution in [3.05, 3.63) is 64.7 Å². The molecule has 2 heteroatoms. The van der Waals surface area contributed by atoms with Crippen molar-refractivity contribution in [3.8, 4) is 17.2 Å². The number of nitrogens with zero attached hydrogens (tertiary/aromatic N) is 1. The first-order valence-corrected chi connectivity index (χ1v) is 6.76. The van der Waals surface area contributed by atoms with Gasteiger partial charge in [0.1, 0.15) is 5.40 Å². The normalized spacial score (nSPS) is 9.32. The third-order valence-corrected chi connectivity index (χ3v) is 3.67. The molecule has 0 aliphatic carbocycles. The summed E-state index contributed by atoms with van der Waals surface area (Å²) in [5.74, 6) is 6.31. The van der Waals surface area contributed by atoms with Gasteiger partial charge in [-0.25, -0.2) is 0 Å². The molecule has 0 aliphatic rings. The van der Waals surface area contributed by atoms with E-state index in [1.165, 1.54) is 11.8 Å². The van der Waals surface area contributed by atoms with Crippen LogP contribution in [0.4, 0.5) is 0 Å². The van der Waals surface area contributed by atoms with Crippen LogP contribution in [0.2, 0.25) is 0 Å². The summed E-state index contributed by atoms with van der Waals surface area (Å²) in [5.41, 5.74) is 4.20.